The Morgan fingerprint density at radius 3 is 2.60 bits per heavy atom. The molecule has 2 N–H and O–H groups in total. The van der Waals surface area contributed by atoms with E-state index in [0.29, 0.717) is 0 Å². The number of hydrogen-bond donors (Lipinski definition) is 1. The van der Waals surface area contributed by atoms with E-state index >= 15 is 0 Å². The molecule has 0 radical (unpaired) electrons. The van der Waals surface area contributed by atoms with E-state index in [1.807, 2.05) is 31.5 Å². The fourth-order valence-electron chi connectivity index (χ4n) is 2.26. The van der Waals surface area contributed by atoms with E-state index in [4.69, 9.17) is 5.73 Å². The molecule has 4 heteroatoms. The summed E-state index contributed by atoms with van der Waals surface area (Å²) in [5.41, 5.74) is 9.68. The Morgan fingerprint density at radius 2 is 1.95 bits per heavy atom. The Bertz CT molecular complexity index is 555. The first-order valence-corrected chi connectivity index (χ1v) is 7.49. The van der Waals surface area contributed by atoms with Gasteiger partial charge in [-0.2, -0.15) is 0 Å². The van der Waals surface area contributed by atoms with Crippen LogP contribution in [0.1, 0.15) is 18.1 Å². The Kier molecular flexibility index (Phi) is 5.15. The minimum atomic E-state index is 0.157. The first kappa shape index (κ1) is 15.0. The summed E-state index contributed by atoms with van der Waals surface area (Å²) in [6.45, 7) is 2.89. The number of nitrogens with two attached hydrogens (primary N) is 1. The van der Waals surface area contributed by atoms with Crippen LogP contribution in [-0.2, 0) is 13.0 Å². The Labute approximate surface area is 129 Å². The minimum Gasteiger partial charge on any atom is -0.370 e. The van der Waals surface area contributed by atoms with Gasteiger partial charge >= 0.3 is 0 Å². The minimum absolute atomic E-state index is 0.157. The molecule has 20 heavy (non-hydrogen) atoms. The van der Waals surface area contributed by atoms with E-state index in [9.17, 15) is 0 Å². The molecule has 0 bridgehead atoms. The Hall–Kier alpha value is -1.39. The molecule has 1 aromatic heterocycles. The van der Waals surface area contributed by atoms with Crippen LogP contribution in [0, 0.1) is 0 Å². The predicted molar refractivity (Wildman–Crippen MR) is 87.8 cm³/mol. The summed E-state index contributed by atoms with van der Waals surface area (Å²) in [6.07, 6.45) is 4.53. The average molecular weight is 334 g/mol. The normalized spacial score (nSPS) is 12.2. The molecule has 1 atom stereocenters. The third-order valence-corrected chi connectivity index (χ3v) is 3.66. The maximum Gasteiger partial charge on any atom is 0.0427 e. The topological polar surface area (TPSA) is 42.1 Å². The molecule has 106 valence electrons. The van der Waals surface area contributed by atoms with Gasteiger partial charge in [-0.25, -0.2) is 0 Å². The molecule has 0 saturated heterocycles. The lowest BCUT2D eigenvalue weighted by Crippen LogP contribution is -2.22. The molecule has 0 aliphatic rings. The number of halogens is 1. The summed E-state index contributed by atoms with van der Waals surface area (Å²) in [4.78, 5) is 6.30. The predicted octanol–water partition coefficient (Wildman–Crippen LogP) is 3.37. The zero-order valence-corrected chi connectivity index (χ0v) is 13.5. The van der Waals surface area contributed by atoms with Crippen LogP contribution in [0.15, 0.2) is 47.2 Å². The molecule has 0 aliphatic carbocycles. The van der Waals surface area contributed by atoms with Gasteiger partial charge in [0.05, 0.1) is 0 Å². The van der Waals surface area contributed by atoms with Crippen molar-refractivity contribution >= 4 is 21.6 Å². The van der Waals surface area contributed by atoms with E-state index in [2.05, 4.69) is 51.1 Å². The van der Waals surface area contributed by atoms with Crippen molar-refractivity contribution in [2.45, 2.75) is 25.9 Å². The smallest absolute Gasteiger partial charge is 0.0427 e. The van der Waals surface area contributed by atoms with Gasteiger partial charge in [0, 0.05) is 42.2 Å². The molecule has 3 nitrogen and oxygen atoms in total. The maximum atomic E-state index is 5.95. The van der Waals surface area contributed by atoms with Crippen molar-refractivity contribution in [2.24, 2.45) is 5.73 Å². The summed E-state index contributed by atoms with van der Waals surface area (Å²) < 4.78 is 1.09. The fourth-order valence-corrected chi connectivity index (χ4v) is 2.61. The number of rotatable bonds is 5. The monoisotopic (exact) mass is 333 g/mol. The summed E-state index contributed by atoms with van der Waals surface area (Å²) in [7, 11) is 2.10. The SMILES string of the molecule is CC(N)Cc1ccc(Br)cc1N(C)Cc1ccncc1. The third kappa shape index (κ3) is 4.05. The van der Waals surface area contributed by atoms with E-state index in [1.54, 1.807) is 0 Å². The zero-order valence-electron chi connectivity index (χ0n) is 11.9. The molecule has 0 aliphatic heterocycles. The van der Waals surface area contributed by atoms with E-state index in [1.165, 1.54) is 16.8 Å². The van der Waals surface area contributed by atoms with Crippen molar-refractivity contribution in [2.75, 3.05) is 11.9 Å². The highest BCUT2D eigenvalue weighted by Gasteiger charge is 2.10. The summed E-state index contributed by atoms with van der Waals surface area (Å²) >= 11 is 3.55. The van der Waals surface area contributed by atoms with E-state index < -0.39 is 0 Å². The van der Waals surface area contributed by atoms with Crippen LogP contribution >= 0.6 is 15.9 Å². The lowest BCUT2D eigenvalue weighted by molar-refractivity contribution is 0.734. The van der Waals surface area contributed by atoms with Crippen LogP contribution in [0.3, 0.4) is 0 Å². The van der Waals surface area contributed by atoms with Gasteiger partial charge in [0.2, 0.25) is 0 Å². The molecule has 1 aromatic carbocycles. The lowest BCUT2D eigenvalue weighted by atomic mass is 10.0. The van der Waals surface area contributed by atoms with Crippen LogP contribution in [0.5, 0.6) is 0 Å². The van der Waals surface area contributed by atoms with Crippen molar-refractivity contribution in [3.63, 3.8) is 0 Å². The van der Waals surface area contributed by atoms with Crippen molar-refractivity contribution in [3.05, 3.63) is 58.3 Å². The largest absolute Gasteiger partial charge is 0.370 e. The fraction of sp³-hybridized carbons (Fsp3) is 0.312. The van der Waals surface area contributed by atoms with E-state index in [0.717, 1.165) is 17.4 Å². The van der Waals surface area contributed by atoms with Crippen molar-refractivity contribution in [1.82, 2.24) is 4.98 Å². The second-order valence-corrected chi connectivity index (χ2v) is 6.08. The number of benzene rings is 1. The summed E-state index contributed by atoms with van der Waals surface area (Å²) in [5, 5.41) is 0. The van der Waals surface area contributed by atoms with Gasteiger partial charge in [-0.05, 0) is 48.7 Å². The molecular formula is C16H20BrN3. The van der Waals surface area contributed by atoms with Crippen LogP contribution in [-0.4, -0.2) is 18.1 Å². The molecular weight excluding hydrogens is 314 g/mol. The number of anilines is 1. The lowest BCUT2D eigenvalue weighted by Gasteiger charge is -2.23. The Morgan fingerprint density at radius 1 is 1.25 bits per heavy atom. The van der Waals surface area contributed by atoms with E-state index in [-0.39, 0.29) is 6.04 Å². The van der Waals surface area contributed by atoms with Gasteiger partial charge in [-0.3, -0.25) is 4.98 Å². The molecule has 0 fully saturated rings. The summed E-state index contributed by atoms with van der Waals surface area (Å²) in [5.74, 6) is 0. The molecule has 2 aromatic rings. The molecule has 1 unspecified atom stereocenters. The quantitative estimate of drug-likeness (QED) is 0.912. The zero-order chi connectivity index (χ0) is 14.5. The highest BCUT2D eigenvalue weighted by atomic mass is 79.9. The van der Waals surface area contributed by atoms with Crippen LogP contribution < -0.4 is 10.6 Å². The van der Waals surface area contributed by atoms with Gasteiger partial charge in [-0.1, -0.05) is 22.0 Å². The van der Waals surface area contributed by atoms with Gasteiger partial charge in [-0.15, -0.1) is 0 Å². The Balaban J connectivity index is 2.23. The maximum absolute atomic E-state index is 5.95. The van der Waals surface area contributed by atoms with Gasteiger partial charge < -0.3 is 10.6 Å². The van der Waals surface area contributed by atoms with Gasteiger partial charge in [0.1, 0.15) is 0 Å². The standard InChI is InChI=1S/C16H20BrN3/c1-12(18)9-14-3-4-15(17)10-16(14)20(2)11-13-5-7-19-8-6-13/h3-8,10,12H,9,11,18H2,1-2H3. The highest BCUT2D eigenvalue weighted by molar-refractivity contribution is 9.10. The number of nitrogens with zero attached hydrogens (tertiary/aromatic N) is 2. The molecule has 0 amide bonds. The third-order valence-electron chi connectivity index (χ3n) is 3.17. The molecule has 2 rings (SSSR count). The highest BCUT2D eigenvalue weighted by Crippen LogP contribution is 2.26. The number of pyridine rings is 1. The second-order valence-electron chi connectivity index (χ2n) is 5.17. The van der Waals surface area contributed by atoms with Crippen molar-refractivity contribution < 1.29 is 0 Å². The van der Waals surface area contributed by atoms with Crippen LogP contribution in [0.25, 0.3) is 0 Å². The average Bonchev–Trinajstić information content (AvgIpc) is 2.41. The van der Waals surface area contributed by atoms with Gasteiger partial charge in [0.15, 0.2) is 0 Å². The number of hydrogen-bond acceptors (Lipinski definition) is 3. The molecule has 0 saturated carbocycles. The van der Waals surface area contributed by atoms with Crippen molar-refractivity contribution in [1.29, 1.82) is 0 Å². The molecule has 0 spiro atoms. The van der Waals surface area contributed by atoms with Gasteiger partial charge in [0.25, 0.3) is 0 Å². The second kappa shape index (κ2) is 6.86. The van der Waals surface area contributed by atoms with Crippen molar-refractivity contribution in [3.8, 4) is 0 Å². The van der Waals surface area contributed by atoms with Crippen LogP contribution in [0.2, 0.25) is 0 Å². The summed E-state index contributed by atoms with van der Waals surface area (Å²) in [6, 6.07) is 10.6. The first-order valence-electron chi connectivity index (χ1n) is 6.70. The number of aromatic nitrogens is 1. The molecule has 1 heterocycles. The van der Waals surface area contributed by atoms with Crippen LogP contribution in [0.4, 0.5) is 5.69 Å². The first-order chi connectivity index (χ1) is 9.56.